The van der Waals surface area contributed by atoms with Crippen LogP contribution in [0.15, 0.2) is 47.3 Å². The number of para-hydroxylation sites is 1. The number of rotatable bonds is 5. The Balaban J connectivity index is 2.08. The number of pyridine rings is 1. The molecule has 5 nitrogen and oxygen atoms in total. The van der Waals surface area contributed by atoms with Crippen LogP contribution in [0.5, 0.6) is 5.75 Å². The number of hydrogen-bond donors (Lipinski definition) is 1. The molecule has 0 atom stereocenters. The Morgan fingerprint density at radius 2 is 1.88 bits per heavy atom. The average Bonchev–Trinajstić information content (AvgIpc) is 2.53. The lowest BCUT2D eigenvalue weighted by molar-refractivity contribution is -0.153. The molecule has 1 heterocycles. The summed E-state index contributed by atoms with van der Waals surface area (Å²) < 4.78 is 42.7. The van der Waals surface area contributed by atoms with Crippen LogP contribution in [0.2, 0.25) is 0 Å². The van der Waals surface area contributed by atoms with Crippen LogP contribution in [0, 0.1) is 0 Å². The van der Waals surface area contributed by atoms with E-state index in [1.807, 2.05) is 0 Å². The summed E-state index contributed by atoms with van der Waals surface area (Å²) in [6, 6.07) is 10.4. The molecular formula is C16H15F3N2O3. The molecule has 2 rings (SSSR count). The first-order valence-electron chi connectivity index (χ1n) is 6.99. The third-order valence-electron chi connectivity index (χ3n) is 3.22. The molecule has 0 aliphatic rings. The number of carbonyl (C=O) groups is 1. The number of hydrogen-bond acceptors (Lipinski definition) is 3. The molecule has 128 valence electrons. The molecular weight excluding hydrogens is 325 g/mol. The molecule has 0 bridgehead atoms. The number of ether oxygens (including phenoxy) is 1. The van der Waals surface area contributed by atoms with Crippen molar-refractivity contribution in [2.24, 2.45) is 7.05 Å². The first-order chi connectivity index (χ1) is 11.3. The summed E-state index contributed by atoms with van der Waals surface area (Å²) in [5.41, 5.74) is 0.212. The molecule has 8 heteroatoms. The Bertz CT molecular complexity index is 785. The molecule has 0 aliphatic carbocycles. The van der Waals surface area contributed by atoms with Gasteiger partial charge in [0, 0.05) is 25.2 Å². The van der Waals surface area contributed by atoms with E-state index in [-0.39, 0.29) is 23.5 Å². The van der Waals surface area contributed by atoms with Crippen LogP contribution in [0.3, 0.4) is 0 Å². The molecule has 0 saturated carbocycles. The Hall–Kier alpha value is -2.77. The van der Waals surface area contributed by atoms with Gasteiger partial charge in [-0.25, -0.2) is 0 Å². The van der Waals surface area contributed by atoms with Crippen LogP contribution < -0.4 is 15.6 Å². The van der Waals surface area contributed by atoms with Crippen LogP contribution in [0.4, 0.5) is 13.2 Å². The van der Waals surface area contributed by atoms with Gasteiger partial charge in [0.15, 0.2) is 6.61 Å². The van der Waals surface area contributed by atoms with Gasteiger partial charge in [-0.2, -0.15) is 13.2 Å². The zero-order valence-electron chi connectivity index (χ0n) is 12.8. The summed E-state index contributed by atoms with van der Waals surface area (Å²) in [6.45, 7) is -1.44. The van der Waals surface area contributed by atoms with Crippen LogP contribution in [0.25, 0.3) is 0 Å². The SMILES string of the molecule is Cn1c(C(=O)NCc2ccccc2OCC(F)(F)F)cccc1=O. The number of halogens is 3. The van der Waals surface area contributed by atoms with Crippen molar-refractivity contribution < 1.29 is 22.7 Å². The molecule has 0 aliphatic heterocycles. The largest absolute Gasteiger partial charge is 0.484 e. The lowest BCUT2D eigenvalue weighted by Crippen LogP contribution is -2.30. The Labute approximate surface area is 135 Å². The van der Waals surface area contributed by atoms with E-state index in [4.69, 9.17) is 4.74 Å². The van der Waals surface area contributed by atoms with E-state index in [2.05, 4.69) is 5.32 Å². The molecule has 0 fully saturated rings. The monoisotopic (exact) mass is 340 g/mol. The fourth-order valence-electron chi connectivity index (χ4n) is 2.01. The van der Waals surface area contributed by atoms with Crippen molar-refractivity contribution in [3.63, 3.8) is 0 Å². The number of nitrogens with zero attached hydrogens (tertiary/aromatic N) is 1. The lowest BCUT2D eigenvalue weighted by Gasteiger charge is -2.14. The molecule has 0 saturated heterocycles. The predicted molar refractivity (Wildman–Crippen MR) is 80.8 cm³/mol. The van der Waals surface area contributed by atoms with E-state index in [1.165, 1.54) is 41.9 Å². The minimum absolute atomic E-state index is 0.0318. The molecule has 1 N–H and O–H groups in total. The van der Waals surface area contributed by atoms with Crippen molar-refractivity contribution in [1.29, 1.82) is 0 Å². The lowest BCUT2D eigenvalue weighted by atomic mass is 10.2. The normalized spacial score (nSPS) is 11.2. The molecule has 0 radical (unpaired) electrons. The van der Waals surface area contributed by atoms with Crippen LogP contribution in [-0.2, 0) is 13.6 Å². The highest BCUT2D eigenvalue weighted by Crippen LogP contribution is 2.22. The van der Waals surface area contributed by atoms with Crippen molar-refractivity contribution in [3.05, 3.63) is 64.1 Å². The molecule has 1 amide bonds. The third kappa shape index (κ3) is 4.61. The highest BCUT2D eigenvalue weighted by Gasteiger charge is 2.28. The second-order valence-electron chi connectivity index (χ2n) is 5.00. The van der Waals surface area contributed by atoms with E-state index in [9.17, 15) is 22.8 Å². The summed E-state index contributed by atoms with van der Waals surface area (Å²) in [6.07, 6.45) is -4.45. The van der Waals surface area contributed by atoms with Gasteiger partial charge in [-0.3, -0.25) is 9.59 Å². The van der Waals surface area contributed by atoms with E-state index in [0.29, 0.717) is 5.56 Å². The molecule has 1 aromatic carbocycles. The van der Waals surface area contributed by atoms with E-state index in [1.54, 1.807) is 12.1 Å². The standard InChI is InChI=1S/C16H15F3N2O3/c1-21-12(6-4-8-14(21)22)15(23)20-9-11-5-2-3-7-13(11)24-10-16(17,18)19/h2-8H,9-10H2,1H3,(H,20,23). The van der Waals surface area contributed by atoms with Gasteiger partial charge in [-0.05, 0) is 12.1 Å². The molecule has 1 aromatic heterocycles. The molecule has 0 unspecified atom stereocenters. The van der Waals surface area contributed by atoms with Crippen LogP contribution >= 0.6 is 0 Å². The minimum atomic E-state index is -4.45. The average molecular weight is 340 g/mol. The van der Waals surface area contributed by atoms with Crippen molar-refractivity contribution in [2.75, 3.05) is 6.61 Å². The summed E-state index contributed by atoms with van der Waals surface area (Å²) in [4.78, 5) is 23.6. The van der Waals surface area contributed by atoms with Gasteiger partial charge in [0.05, 0.1) is 0 Å². The van der Waals surface area contributed by atoms with Gasteiger partial charge in [0.25, 0.3) is 11.5 Å². The van der Waals surface area contributed by atoms with E-state index < -0.39 is 18.7 Å². The smallest absolute Gasteiger partial charge is 0.422 e. The van der Waals surface area contributed by atoms with Gasteiger partial charge >= 0.3 is 6.18 Å². The zero-order valence-corrected chi connectivity index (χ0v) is 12.8. The number of amides is 1. The predicted octanol–water partition coefficient (Wildman–Crippen LogP) is 2.26. The molecule has 24 heavy (non-hydrogen) atoms. The summed E-state index contributed by atoms with van der Waals surface area (Å²) in [5, 5.41) is 2.56. The fraction of sp³-hybridized carbons (Fsp3) is 0.250. The molecule has 2 aromatic rings. The summed E-state index contributed by atoms with van der Waals surface area (Å²) in [5.74, 6) is -0.474. The number of aromatic nitrogens is 1. The Morgan fingerprint density at radius 3 is 2.58 bits per heavy atom. The first kappa shape index (κ1) is 17.6. The molecule has 0 spiro atoms. The van der Waals surface area contributed by atoms with E-state index in [0.717, 1.165) is 0 Å². The summed E-state index contributed by atoms with van der Waals surface area (Å²) >= 11 is 0. The van der Waals surface area contributed by atoms with Gasteiger partial charge in [0.2, 0.25) is 0 Å². The van der Waals surface area contributed by atoms with Crippen molar-refractivity contribution in [3.8, 4) is 5.75 Å². The second-order valence-corrected chi connectivity index (χ2v) is 5.00. The van der Waals surface area contributed by atoms with Crippen LogP contribution in [0.1, 0.15) is 16.1 Å². The number of nitrogens with one attached hydrogen (secondary N) is 1. The number of alkyl halides is 3. The minimum Gasteiger partial charge on any atom is -0.484 e. The number of benzene rings is 1. The van der Waals surface area contributed by atoms with Gasteiger partial charge in [-0.1, -0.05) is 24.3 Å². The van der Waals surface area contributed by atoms with Crippen molar-refractivity contribution >= 4 is 5.91 Å². The van der Waals surface area contributed by atoms with Crippen LogP contribution in [-0.4, -0.2) is 23.3 Å². The summed E-state index contributed by atoms with van der Waals surface area (Å²) in [7, 11) is 1.46. The second kappa shape index (κ2) is 7.20. The van der Waals surface area contributed by atoms with Crippen molar-refractivity contribution in [1.82, 2.24) is 9.88 Å². The fourth-order valence-corrected chi connectivity index (χ4v) is 2.01. The maximum Gasteiger partial charge on any atom is 0.422 e. The Kier molecular flexibility index (Phi) is 5.28. The maximum absolute atomic E-state index is 12.3. The third-order valence-corrected chi connectivity index (χ3v) is 3.22. The first-order valence-corrected chi connectivity index (χ1v) is 6.99. The van der Waals surface area contributed by atoms with Crippen molar-refractivity contribution in [2.45, 2.75) is 12.7 Å². The number of carbonyl (C=O) groups excluding carboxylic acids is 1. The highest BCUT2D eigenvalue weighted by atomic mass is 19.4. The van der Waals surface area contributed by atoms with E-state index >= 15 is 0 Å². The van der Waals surface area contributed by atoms with Gasteiger partial charge in [-0.15, -0.1) is 0 Å². The zero-order chi connectivity index (χ0) is 17.7. The highest BCUT2D eigenvalue weighted by molar-refractivity contribution is 5.92. The topological polar surface area (TPSA) is 60.3 Å². The quantitative estimate of drug-likeness (QED) is 0.908. The van der Waals surface area contributed by atoms with Gasteiger partial charge < -0.3 is 14.6 Å². The maximum atomic E-state index is 12.3. The van der Waals surface area contributed by atoms with Gasteiger partial charge in [0.1, 0.15) is 11.4 Å². The Morgan fingerprint density at radius 1 is 1.17 bits per heavy atom.